The molecule has 1 heteroatoms. The fourth-order valence-corrected chi connectivity index (χ4v) is 0.684. The van der Waals surface area contributed by atoms with Crippen molar-refractivity contribution in [1.29, 1.82) is 0 Å². The molecule has 0 nitrogen and oxygen atoms in total. The van der Waals surface area contributed by atoms with Crippen LogP contribution in [0.3, 0.4) is 0 Å². The summed E-state index contributed by atoms with van der Waals surface area (Å²) in [5.41, 5.74) is 0. The molecule has 0 N–H and O–H groups in total. The van der Waals surface area contributed by atoms with Gasteiger partial charge >= 0.3 is 21.1 Å². The second-order valence-electron chi connectivity index (χ2n) is 2.86. The van der Waals surface area contributed by atoms with E-state index >= 15 is 0 Å². The van der Waals surface area contributed by atoms with Crippen LogP contribution in [0.25, 0.3) is 0 Å². The molecule has 0 aromatic heterocycles. The van der Waals surface area contributed by atoms with Gasteiger partial charge < -0.3 is 0 Å². The summed E-state index contributed by atoms with van der Waals surface area (Å²) in [5.74, 6) is 0. The first-order valence-electron chi connectivity index (χ1n) is 8.24. The molecule has 0 aliphatic carbocycles. The molecule has 2 aromatic carbocycles. The zero-order chi connectivity index (χ0) is 17.2. The summed E-state index contributed by atoms with van der Waals surface area (Å²) in [7, 11) is 0. The SMILES string of the molecule is CC.CC.CC.CCC.[W+2].[c-]1ccccc1.[c-]1ccccc1. The van der Waals surface area contributed by atoms with E-state index in [1.807, 2.05) is 102 Å². The summed E-state index contributed by atoms with van der Waals surface area (Å²) >= 11 is 0. The van der Waals surface area contributed by atoms with E-state index in [0.29, 0.717) is 0 Å². The zero-order valence-corrected chi connectivity index (χ0v) is 18.8. The van der Waals surface area contributed by atoms with E-state index in [4.69, 9.17) is 0 Å². The van der Waals surface area contributed by atoms with E-state index in [1.165, 1.54) is 6.42 Å². The van der Waals surface area contributed by atoms with Gasteiger partial charge in [-0.3, -0.25) is 0 Å². The van der Waals surface area contributed by atoms with E-state index in [-0.39, 0.29) is 21.1 Å². The molecule has 0 amide bonds. The normalized spacial score (nSPS) is 6.00. The fourth-order valence-electron chi connectivity index (χ4n) is 0.684. The van der Waals surface area contributed by atoms with Crippen LogP contribution in [0.15, 0.2) is 60.7 Å². The Hall–Kier alpha value is -0.872. The molecule has 0 atom stereocenters. The summed E-state index contributed by atoms with van der Waals surface area (Å²) in [5, 5.41) is 0. The predicted octanol–water partition coefficient (Wildman–Crippen LogP) is 7.47. The summed E-state index contributed by atoms with van der Waals surface area (Å²) in [6, 6.07) is 25.0. The summed E-state index contributed by atoms with van der Waals surface area (Å²) in [6.07, 6.45) is 1.25. The number of hydrogen-bond acceptors (Lipinski definition) is 0. The maximum atomic E-state index is 2.89. The molecule has 22 heavy (non-hydrogen) atoms. The number of benzene rings is 2. The fraction of sp³-hybridized carbons (Fsp3) is 0.429. The van der Waals surface area contributed by atoms with Crippen LogP contribution in [-0.4, -0.2) is 0 Å². The quantitative estimate of drug-likeness (QED) is 0.349. The molecule has 0 saturated heterocycles. The van der Waals surface area contributed by atoms with Gasteiger partial charge in [0.1, 0.15) is 0 Å². The van der Waals surface area contributed by atoms with Crippen molar-refractivity contribution in [2.75, 3.05) is 0 Å². The third-order valence-electron chi connectivity index (χ3n) is 1.21. The minimum absolute atomic E-state index is 0. The molecule has 0 saturated carbocycles. The Morgan fingerprint density at radius 2 is 0.682 bits per heavy atom. The van der Waals surface area contributed by atoms with Crippen LogP contribution in [0, 0.1) is 12.1 Å². The first kappa shape index (κ1) is 32.9. The van der Waals surface area contributed by atoms with Crippen LogP contribution in [0.2, 0.25) is 0 Å². The first-order chi connectivity index (χ1) is 10.4. The Morgan fingerprint density at radius 1 is 0.500 bits per heavy atom. The average molecular weight is 472 g/mol. The van der Waals surface area contributed by atoms with Crippen molar-refractivity contribution in [2.24, 2.45) is 0 Å². The number of rotatable bonds is 0. The van der Waals surface area contributed by atoms with Gasteiger partial charge in [-0.25, -0.2) is 0 Å². The van der Waals surface area contributed by atoms with Crippen molar-refractivity contribution in [3.63, 3.8) is 0 Å². The molecule has 126 valence electrons. The molecular weight excluding hydrogens is 436 g/mol. The van der Waals surface area contributed by atoms with E-state index in [0.717, 1.165) is 0 Å². The second-order valence-corrected chi connectivity index (χ2v) is 2.86. The Labute approximate surface area is 155 Å². The number of hydrogen-bond donors (Lipinski definition) is 0. The van der Waals surface area contributed by atoms with E-state index in [1.54, 1.807) is 0 Å². The smallest absolute Gasteiger partial charge is 0.184 e. The van der Waals surface area contributed by atoms with Crippen LogP contribution >= 0.6 is 0 Å². The molecular formula is C21H36W. The van der Waals surface area contributed by atoms with Gasteiger partial charge in [0, 0.05) is 0 Å². The van der Waals surface area contributed by atoms with Crippen molar-refractivity contribution in [3.05, 3.63) is 72.8 Å². The topological polar surface area (TPSA) is 0 Å². The molecule has 0 fully saturated rings. The molecule has 0 aliphatic rings. The minimum Gasteiger partial charge on any atom is -0.184 e. The van der Waals surface area contributed by atoms with Gasteiger partial charge in [-0.1, -0.05) is 61.8 Å². The van der Waals surface area contributed by atoms with Crippen molar-refractivity contribution in [2.45, 2.75) is 61.8 Å². The van der Waals surface area contributed by atoms with Crippen LogP contribution < -0.4 is 0 Å². The summed E-state index contributed by atoms with van der Waals surface area (Å²) < 4.78 is 0. The van der Waals surface area contributed by atoms with E-state index in [9.17, 15) is 0 Å². The van der Waals surface area contributed by atoms with Crippen molar-refractivity contribution < 1.29 is 21.1 Å². The molecule has 2 rings (SSSR count). The summed E-state index contributed by atoms with van der Waals surface area (Å²) in [4.78, 5) is 0. The van der Waals surface area contributed by atoms with Crippen LogP contribution in [-0.2, 0) is 21.1 Å². The summed E-state index contributed by atoms with van der Waals surface area (Å²) in [6.45, 7) is 16.2. The van der Waals surface area contributed by atoms with Gasteiger partial charge in [0.15, 0.2) is 0 Å². The molecule has 0 radical (unpaired) electrons. The van der Waals surface area contributed by atoms with Crippen LogP contribution in [0.4, 0.5) is 0 Å². The maximum Gasteiger partial charge on any atom is 2.00 e. The van der Waals surface area contributed by atoms with E-state index < -0.39 is 0 Å². The minimum atomic E-state index is 0. The van der Waals surface area contributed by atoms with Crippen molar-refractivity contribution in [3.8, 4) is 0 Å². The van der Waals surface area contributed by atoms with E-state index in [2.05, 4.69) is 26.0 Å². The Kier molecular flexibility index (Phi) is 74.9. The first-order valence-corrected chi connectivity index (χ1v) is 8.24. The third-order valence-corrected chi connectivity index (χ3v) is 1.21. The van der Waals surface area contributed by atoms with Gasteiger partial charge in [-0.15, -0.1) is 0 Å². The zero-order valence-electron chi connectivity index (χ0n) is 15.9. The molecule has 0 heterocycles. The van der Waals surface area contributed by atoms with Gasteiger partial charge in [0.2, 0.25) is 0 Å². The van der Waals surface area contributed by atoms with Crippen LogP contribution in [0.5, 0.6) is 0 Å². The van der Waals surface area contributed by atoms with Crippen molar-refractivity contribution in [1.82, 2.24) is 0 Å². The molecule has 0 aliphatic heterocycles. The third kappa shape index (κ3) is 50.8. The average Bonchev–Trinajstić information content (AvgIpc) is 2.64. The predicted molar refractivity (Wildman–Crippen MR) is 101 cm³/mol. The van der Waals surface area contributed by atoms with Gasteiger partial charge in [0.25, 0.3) is 0 Å². The maximum absolute atomic E-state index is 2.89. The second kappa shape index (κ2) is 50.1. The monoisotopic (exact) mass is 472 g/mol. The molecule has 0 bridgehead atoms. The Morgan fingerprint density at radius 3 is 0.727 bits per heavy atom. The standard InChI is InChI=1S/2C6H5.C3H8.3C2H6.W/c2*1-2-4-6-5-3-1;1-3-2;3*1-2;/h2*1-5H;3H2,1-2H3;3*1-2H3;/q2*-1;;;;;+2. The van der Waals surface area contributed by atoms with Gasteiger partial charge in [0.05, 0.1) is 0 Å². The molecule has 2 aromatic rings. The van der Waals surface area contributed by atoms with Gasteiger partial charge in [-0.2, -0.15) is 72.8 Å². The largest absolute Gasteiger partial charge is 2.00 e. The molecule has 0 unspecified atom stereocenters. The Balaban J connectivity index is -0.0000000570. The Bertz CT molecular complexity index is 194. The molecule has 0 spiro atoms. The van der Waals surface area contributed by atoms with Crippen molar-refractivity contribution >= 4 is 0 Å². The van der Waals surface area contributed by atoms with Gasteiger partial charge in [-0.05, 0) is 0 Å². The van der Waals surface area contributed by atoms with Crippen LogP contribution in [0.1, 0.15) is 61.8 Å².